The maximum atomic E-state index is 10.9. The Kier molecular flexibility index (Phi) is 7.12. The standard InChI is InChI=1S/C14H20N2O3.BrH/c17-13(11-15-8-4-1-5-9-15)10-12-6-2-3-7-14(12)16(18)19;/h2-3,6-7,13,17H,1,4-5,8-11H2;1H. The van der Waals surface area contributed by atoms with E-state index >= 15 is 0 Å². The number of quaternary nitrogens is 1. The number of nitrogens with zero attached hydrogens (tertiary/aromatic N) is 1. The third-order valence-electron chi connectivity index (χ3n) is 3.73. The van der Waals surface area contributed by atoms with E-state index < -0.39 is 6.10 Å². The highest BCUT2D eigenvalue weighted by Gasteiger charge is 2.21. The van der Waals surface area contributed by atoms with Gasteiger partial charge in [0.25, 0.3) is 5.69 Å². The molecule has 1 atom stereocenters. The Bertz CT molecular complexity index is 436. The zero-order valence-corrected chi connectivity index (χ0v) is 13.0. The quantitative estimate of drug-likeness (QED) is 0.461. The number of hydrogen-bond acceptors (Lipinski definition) is 3. The monoisotopic (exact) mass is 344 g/mol. The van der Waals surface area contributed by atoms with Gasteiger partial charge in [0.1, 0.15) is 12.6 Å². The van der Waals surface area contributed by atoms with Crippen molar-refractivity contribution in [2.45, 2.75) is 31.8 Å². The van der Waals surface area contributed by atoms with Crippen molar-refractivity contribution in [2.75, 3.05) is 19.6 Å². The molecule has 1 aromatic rings. The van der Waals surface area contributed by atoms with Crippen molar-refractivity contribution < 1.29 is 31.9 Å². The first-order valence-corrected chi connectivity index (χ1v) is 6.91. The maximum absolute atomic E-state index is 10.9. The van der Waals surface area contributed by atoms with Gasteiger partial charge >= 0.3 is 0 Å². The van der Waals surface area contributed by atoms with Crippen molar-refractivity contribution in [3.63, 3.8) is 0 Å². The number of nitro benzene ring substituents is 1. The van der Waals surface area contributed by atoms with Gasteiger partial charge in [-0.25, -0.2) is 0 Å². The molecular formula is C14H21BrN2O3. The second kappa shape index (κ2) is 8.34. The van der Waals surface area contributed by atoms with Crippen LogP contribution in [0.2, 0.25) is 0 Å². The average molecular weight is 345 g/mol. The number of para-hydroxylation sites is 1. The summed E-state index contributed by atoms with van der Waals surface area (Å²) >= 11 is 0. The van der Waals surface area contributed by atoms with Gasteiger partial charge in [-0.05, 0) is 19.3 Å². The summed E-state index contributed by atoms with van der Waals surface area (Å²) in [5.74, 6) is 0. The predicted molar refractivity (Wildman–Crippen MR) is 72.2 cm³/mol. The fourth-order valence-electron chi connectivity index (χ4n) is 2.78. The van der Waals surface area contributed by atoms with Crippen LogP contribution in [0.1, 0.15) is 24.8 Å². The first-order valence-electron chi connectivity index (χ1n) is 6.91. The van der Waals surface area contributed by atoms with E-state index in [0.717, 1.165) is 13.1 Å². The van der Waals surface area contributed by atoms with E-state index in [2.05, 4.69) is 0 Å². The van der Waals surface area contributed by atoms with Crippen LogP contribution in [-0.4, -0.2) is 35.8 Å². The zero-order chi connectivity index (χ0) is 13.7. The lowest BCUT2D eigenvalue weighted by Gasteiger charge is -2.25. The Morgan fingerprint density at radius 2 is 1.90 bits per heavy atom. The lowest BCUT2D eigenvalue weighted by Crippen LogP contribution is -3.13. The number of piperidine rings is 1. The fraction of sp³-hybridized carbons (Fsp3) is 0.571. The van der Waals surface area contributed by atoms with E-state index in [4.69, 9.17) is 0 Å². The van der Waals surface area contributed by atoms with Crippen LogP contribution in [0.25, 0.3) is 0 Å². The molecule has 5 nitrogen and oxygen atoms in total. The van der Waals surface area contributed by atoms with Crippen molar-refractivity contribution >= 4 is 5.69 Å². The Morgan fingerprint density at radius 1 is 1.25 bits per heavy atom. The van der Waals surface area contributed by atoms with E-state index in [1.165, 1.54) is 30.2 Å². The molecule has 2 rings (SSSR count). The minimum atomic E-state index is -0.505. The van der Waals surface area contributed by atoms with Gasteiger partial charge in [0.2, 0.25) is 0 Å². The predicted octanol–water partition coefficient (Wildman–Crippen LogP) is -2.43. The number of halogens is 1. The molecule has 0 radical (unpaired) electrons. The Balaban J connectivity index is 0.00000200. The van der Waals surface area contributed by atoms with Crippen LogP contribution in [0.3, 0.4) is 0 Å². The number of nitrogens with one attached hydrogen (secondary N) is 1. The van der Waals surface area contributed by atoms with Gasteiger partial charge < -0.3 is 27.0 Å². The molecule has 0 aliphatic carbocycles. The molecule has 0 spiro atoms. The zero-order valence-electron chi connectivity index (χ0n) is 11.4. The summed E-state index contributed by atoms with van der Waals surface area (Å²) in [4.78, 5) is 11.9. The molecule has 1 aliphatic rings. The summed E-state index contributed by atoms with van der Waals surface area (Å²) in [6.45, 7) is 2.90. The molecule has 1 aliphatic heterocycles. The third kappa shape index (κ3) is 4.85. The summed E-state index contributed by atoms with van der Waals surface area (Å²) in [5.41, 5.74) is 0.728. The molecule has 0 aromatic heterocycles. The topological polar surface area (TPSA) is 67.8 Å². The first-order chi connectivity index (χ1) is 9.16. The second-order valence-electron chi connectivity index (χ2n) is 5.26. The van der Waals surface area contributed by atoms with Crippen LogP contribution < -0.4 is 21.9 Å². The van der Waals surface area contributed by atoms with Crippen LogP contribution in [0.4, 0.5) is 5.69 Å². The second-order valence-corrected chi connectivity index (χ2v) is 5.26. The molecule has 112 valence electrons. The van der Waals surface area contributed by atoms with Crippen molar-refractivity contribution in [3.8, 4) is 0 Å². The molecule has 2 N–H and O–H groups in total. The minimum absolute atomic E-state index is 0. The number of rotatable bonds is 5. The molecule has 6 heteroatoms. The van der Waals surface area contributed by atoms with Crippen LogP contribution in [-0.2, 0) is 6.42 Å². The number of benzene rings is 1. The molecule has 1 saturated heterocycles. The Morgan fingerprint density at radius 3 is 2.55 bits per heavy atom. The summed E-state index contributed by atoms with van der Waals surface area (Å²) < 4.78 is 0. The van der Waals surface area contributed by atoms with E-state index in [9.17, 15) is 15.2 Å². The molecule has 0 saturated carbocycles. The van der Waals surface area contributed by atoms with Crippen molar-refractivity contribution in [2.24, 2.45) is 0 Å². The van der Waals surface area contributed by atoms with Gasteiger partial charge in [0, 0.05) is 18.1 Å². The average Bonchev–Trinajstić information content (AvgIpc) is 2.40. The largest absolute Gasteiger partial charge is 1.00 e. The van der Waals surface area contributed by atoms with Crippen LogP contribution in [0.5, 0.6) is 0 Å². The minimum Gasteiger partial charge on any atom is -1.00 e. The van der Waals surface area contributed by atoms with E-state index in [0.29, 0.717) is 18.5 Å². The number of aliphatic hydroxyl groups is 1. The van der Waals surface area contributed by atoms with Gasteiger partial charge in [0.05, 0.1) is 18.0 Å². The van der Waals surface area contributed by atoms with Gasteiger partial charge in [0.15, 0.2) is 0 Å². The molecule has 1 fully saturated rings. The molecule has 20 heavy (non-hydrogen) atoms. The molecule has 1 heterocycles. The highest BCUT2D eigenvalue weighted by molar-refractivity contribution is 5.40. The Hall–Kier alpha value is -0.980. The SMILES string of the molecule is O=[N+]([O-])c1ccccc1CC(O)C[NH+]1CCCCC1.[Br-]. The smallest absolute Gasteiger partial charge is 0.272 e. The summed E-state index contributed by atoms with van der Waals surface area (Å²) in [5, 5.41) is 21.0. The summed E-state index contributed by atoms with van der Waals surface area (Å²) in [7, 11) is 0. The number of likely N-dealkylation sites (tertiary alicyclic amines) is 1. The summed E-state index contributed by atoms with van der Waals surface area (Å²) in [6.07, 6.45) is 3.57. The fourth-order valence-corrected chi connectivity index (χ4v) is 2.78. The Labute approximate surface area is 129 Å². The van der Waals surface area contributed by atoms with Crippen molar-refractivity contribution in [1.82, 2.24) is 0 Å². The van der Waals surface area contributed by atoms with E-state index in [-0.39, 0.29) is 27.6 Å². The number of nitro groups is 1. The van der Waals surface area contributed by atoms with Crippen LogP contribution >= 0.6 is 0 Å². The van der Waals surface area contributed by atoms with Crippen molar-refractivity contribution in [1.29, 1.82) is 0 Å². The number of aliphatic hydroxyl groups excluding tert-OH is 1. The molecule has 0 bridgehead atoms. The van der Waals surface area contributed by atoms with Gasteiger partial charge in [-0.2, -0.15) is 0 Å². The van der Waals surface area contributed by atoms with Crippen molar-refractivity contribution in [3.05, 3.63) is 39.9 Å². The molecular weight excluding hydrogens is 324 g/mol. The summed E-state index contributed by atoms with van der Waals surface area (Å²) in [6, 6.07) is 6.66. The molecule has 1 unspecified atom stereocenters. The normalized spacial score (nSPS) is 17.2. The molecule has 1 aromatic carbocycles. The van der Waals surface area contributed by atoms with Gasteiger partial charge in [-0.1, -0.05) is 18.2 Å². The maximum Gasteiger partial charge on any atom is 0.272 e. The van der Waals surface area contributed by atoms with Gasteiger partial charge in [-0.3, -0.25) is 10.1 Å². The van der Waals surface area contributed by atoms with E-state index in [1.54, 1.807) is 18.2 Å². The first kappa shape index (κ1) is 17.1. The molecule has 0 amide bonds. The third-order valence-corrected chi connectivity index (χ3v) is 3.73. The van der Waals surface area contributed by atoms with E-state index in [1.807, 2.05) is 0 Å². The lowest BCUT2D eigenvalue weighted by molar-refractivity contribution is -0.907. The highest BCUT2D eigenvalue weighted by Crippen LogP contribution is 2.18. The number of hydrogen-bond donors (Lipinski definition) is 2. The van der Waals surface area contributed by atoms with Crippen LogP contribution in [0.15, 0.2) is 24.3 Å². The lowest BCUT2D eigenvalue weighted by atomic mass is 10.0. The van der Waals surface area contributed by atoms with Crippen LogP contribution in [0, 0.1) is 10.1 Å². The van der Waals surface area contributed by atoms with Gasteiger partial charge in [-0.15, -0.1) is 0 Å². The highest BCUT2D eigenvalue weighted by atomic mass is 79.9.